The lowest BCUT2D eigenvalue weighted by Gasteiger charge is -2.10. The lowest BCUT2D eigenvalue weighted by atomic mass is 10.1. The Hall–Kier alpha value is -3.73. The van der Waals surface area contributed by atoms with E-state index in [0.717, 1.165) is 34.0 Å². The maximum Gasteiger partial charge on any atom is 0.165 e. The first-order valence-electron chi connectivity index (χ1n) is 8.72. The van der Waals surface area contributed by atoms with E-state index in [1.165, 1.54) is 0 Å². The fourth-order valence-corrected chi connectivity index (χ4v) is 3.12. The van der Waals surface area contributed by atoms with Gasteiger partial charge in [0.05, 0.1) is 5.69 Å². The van der Waals surface area contributed by atoms with E-state index in [1.807, 2.05) is 83.5 Å². The molecule has 5 rings (SSSR count). The first kappa shape index (κ1) is 15.5. The molecule has 0 aliphatic carbocycles. The molecule has 0 atom stereocenters. The fourth-order valence-electron chi connectivity index (χ4n) is 3.12. The van der Waals surface area contributed by atoms with E-state index in [4.69, 9.17) is 4.74 Å². The Morgan fingerprint density at radius 1 is 0.815 bits per heavy atom. The predicted octanol–water partition coefficient (Wildman–Crippen LogP) is 4.95. The maximum absolute atomic E-state index is 6.08. The van der Waals surface area contributed by atoms with Gasteiger partial charge in [0.2, 0.25) is 0 Å². The van der Waals surface area contributed by atoms with Gasteiger partial charge >= 0.3 is 0 Å². The Morgan fingerprint density at radius 2 is 1.63 bits per heavy atom. The molecule has 0 saturated heterocycles. The van der Waals surface area contributed by atoms with Crippen molar-refractivity contribution in [2.24, 2.45) is 9.98 Å². The monoisotopic (exact) mass is 352 g/mol. The van der Waals surface area contributed by atoms with Gasteiger partial charge in [-0.15, -0.1) is 0 Å². The molecule has 3 heterocycles. The van der Waals surface area contributed by atoms with Crippen molar-refractivity contribution < 1.29 is 4.74 Å². The summed E-state index contributed by atoms with van der Waals surface area (Å²) >= 11 is 0. The molecule has 0 amide bonds. The molecule has 2 aromatic heterocycles. The van der Waals surface area contributed by atoms with E-state index < -0.39 is 0 Å². The highest BCUT2D eigenvalue weighted by Gasteiger charge is 2.11. The van der Waals surface area contributed by atoms with Gasteiger partial charge in [-0.05, 0) is 36.4 Å². The molecule has 2 aromatic carbocycles. The standard InChI is InChI=1S/C22H16N4O/c1-2-12-26-15-20(25-21(26)9-1)16-5-3-7-18(13-16)27-19-8-4-6-17(14-19)22-23-10-11-24-22/h1-15,22H. The molecule has 0 radical (unpaired) electrons. The second-order valence-corrected chi connectivity index (χ2v) is 6.26. The topological polar surface area (TPSA) is 51.2 Å². The van der Waals surface area contributed by atoms with Gasteiger partial charge in [0.1, 0.15) is 17.1 Å². The summed E-state index contributed by atoms with van der Waals surface area (Å²) < 4.78 is 8.09. The molecule has 1 aliphatic heterocycles. The van der Waals surface area contributed by atoms with Crippen LogP contribution in [-0.4, -0.2) is 21.8 Å². The van der Waals surface area contributed by atoms with E-state index in [-0.39, 0.29) is 6.17 Å². The summed E-state index contributed by atoms with van der Waals surface area (Å²) in [6, 6.07) is 21.8. The van der Waals surface area contributed by atoms with Crippen LogP contribution in [0.15, 0.2) is 89.1 Å². The lowest BCUT2D eigenvalue weighted by molar-refractivity contribution is 0.481. The van der Waals surface area contributed by atoms with Gasteiger partial charge in [-0.2, -0.15) is 0 Å². The quantitative estimate of drug-likeness (QED) is 0.522. The molecule has 5 nitrogen and oxygen atoms in total. The summed E-state index contributed by atoms with van der Waals surface area (Å²) in [6.45, 7) is 0. The zero-order valence-corrected chi connectivity index (χ0v) is 14.4. The summed E-state index contributed by atoms with van der Waals surface area (Å²) in [5.41, 5.74) is 3.85. The van der Waals surface area contributed by atoms with Crippen LogP contribution in [0, 0.1) is 0 Å². The minimum absolute atomic E-state index is 0.169. The zero-order valence-electron chi connectivity index (χ0n) is 14.4. The normalized spacial score (nSPS) is 13.5. The van der Waals surface area contributed by atoms with Crippen molar-refractivity contribution in [3.8, 4) is 22.8 Å². The first-order chi connectivity index (χ1) is 13.3. The van der Waals surface area contributed by atoms with Crippen LogP contribution in [0.1, 0.15) is 11.7 Å². The number of benzene rings is 2. The Kier molecular flexibility index (Phi) is 3.76. The number of fused-ring (bicyclic) bond motifs is 1. The van der Waals surface area contributed by atoms with Gasteiger partial charge in [-0.1, -0.05) is 30.3 Å². The van der Waals surface area contributed by atoms with Gasteiger partial charge in [-0.3, -0.25) is 9.98 Å². The number of aromatic nitrogens is 2. The highest BCUT2D eigenvalue weighted by Crippen LogP contribution is 2.30. The number of hydrogen-bond donors (Lipinski definition) is 0. The highest BCUT2D eigenvalue weighted by molar-refractivity contribution is 6.17. The second-order valence-electron chi connectivity index (χ2n) is 6.26. The molecule has 4 aromatic rings. The Labute approximate surface area is 156 Å². The molecule has 0 saturated carbocycles. The second kappa shape index (κ2) is 6.53. The molecular weight excluding hydrogens is 336 g/mol. The maximum atomic E-state index is 6.08. The number of pyridine rings is 1. The van der Waals surface area contributed by atoms with Gasteiger partial charge in [0, 0.05) is 35.9 Å². The third-order valence-electron chi connectivity index (χ3n) is 4.41. The molecular formula is C22H16N4O. The summed E-state index contributed by atoms with van der Waals surface area (Å²) in [7, 11) is 0. The first-order valence-corrected chi connectivity index (χ1v) is 8.72. The van der Waals surface area contributed by atoms with Crippen molar-refractivity contribution >= 4 is 18.1 Å². The van der Waals surface area contributed by atoms with Crippen molar-refractivity contribution in [1.29, 1.82) is 0 Å². The van der Waals surface area contributed by atoms with E-state index in [0.29, 0.717) is 0 Å². The molecule has 0 spiro atoms. The zero-order chi connectivity index (χ0) is 18.1. The molecule has 1 aliphatic rings. The van der Waals surface area contributed by atoms with Crippen LogP contribution >= 0.6 is 0 Å². The number of hydrogen-bond acceptors (Lipinski definition) is 4. The van der Waals surface area contributed by atoms with Crippen LogP contribution in [0.4, 0.5) is 0 Å². The summed E-state index contributed by atoms with van der Waals surface area (Å²) in [4.78, 5) is 13.3. The Bertz CT molecular complexity index is 1130. The van der Waals surface area contributed by atoms with Crippen LogP contribution in [0.3, 0.4) is 0 Å². The number of nitrogens with zero attached hydrogens (tertiary/aromatic N) is 4. The van der Waals surface area contributed by atoms with E-state index >= 15 is 0 Å². The molecule has 0 N–H and O–H groups in total. The number of imidazole rings is 1. The minimum atomic E-state index is -0.169. The Balaban J connectivity index is 1.43. The molecule has 27 heavy (non-hydrogen) atoms. The Morgan fingerprint density at radius 3 is 2.48 bits per heavy atom. The van der Waals surface area contributed by atoms with Crippen LogP contribution in [-0.2, 0) is 0 Å². The molecule has 5 heteroatoms. The fraction of sp³-hybridized carbons (Fsp3) is 0.0455. The van der Waals surface area contributed by atoms with E-state index in [2.05, 4.69) is 15.0 Å². The van der Waals surface area contributed by atoms with Crippen molar-refractivity contribution in [2.75, 3.05) is 0 Å². The van der Waals surface area contributed by atoms with Gasteiger partial charge in [0.25, 0.3) is 0 Å². The van der Waals surface area contributed by atoms with Crippen molar-refractivity contribution in [1.82, 2.24) is 9.38 Å². The third-order valence-corrected chi connectivity index (χ3v) is 4.41. The molecule has 0 fully saturated rings. The van der Waals surface area contributed by atoms with Crippen LogP contribution in [0.25, 0.3) is 16.9 Å². The van der Waals surface area contributed by atoms with Crippen molar-refractivity contribution in [2.45, 2.75) is 6.17 Å². The molecule has 0 unspecified atom stereocenters. The predicted molar refractivity (Wildman–Crippen MR) is 107 cm³/mol. The molecule has 130 valence electrons. The summed E-state index contributed by atoms with van der Waals surface area (Å²) in [6.07, 6.45) is 7.28. The SMILES string of the molecule is C1=NC(c2cccc(Oc3cccc(-c4cn5ccccc5n4)c3)c2)N=C1. The number of ether oxygens (including phenoxy) is 1. The van der Waals surface area contributed by atoms with Crippen LogP contribution in [0.2, 0.25) is 0 Å². The van der Waals surface area contributed by atoms with Crippen molar-refractivity contribution in [3.63, 3.8) is 0 Å². The minimum Gasteiger partial charge on any atom is -0.457 e. The number of rotatable bonds is 4. The van der Waals surface area contributed by atoms with Gasteiger partial charge < -0.3 is 9.14 Å². The number of aliphatic imine (C=N–C) groups is 2. The van der Waals surface area contributed by atoms with Gasteiger partial charge in [-0.25, -0.2) is 4.98 Å². The average molecular weight is 352 g/mol. The average Bonchev–Trinajstić information content (AvgIpc) is 3.38. The van der Waals surface area contributed by atoms with Crippen molar-refractivity contribution in [3.05, 3.63) is 84.7 Å². The van der Waals surface area contributed by atoms with E-state index in [1.54, 1.807) is 12.4 Å². The van der Waals surface area contributed by atoms with Crippen LogP contribution in [0.5, 0.6) is 11.5 Å². The summed E-state index contributed by atoms with van der Waals surface area (Å²) in [5, 5.41) is 0. The summed E-state index contributed by atoms with van der Waals surface area (Å²) in [5.74, 6) is 1.53. The third kappa shape index (κ3) is 3.11. The largest absolute Gasteiger partial charge is 0.457 e. The molecule has 0 bridgehead atoms. The van der Waals surface area contributed by atoms with Crippen LogP contribution < -0.4 is 4.74 Å². The van der Waals surface area contributed by atoms with Gasteiger partial charge in [0.15, 0.2) is 6.17 Å². The lowest BCUT2D eigenvalue weighted by Crippen LogP contribution is -1.91. The smallest absolute Gasteiger partial charge is 0.165 e. The highest BCUT2D eigenvalue weighted by atomic mass is 16.5. The van der Waals surface area contributed by atoms with E-state index in [9.17, 15) is 0 Å².